The topological polar surface area (TPSA) is 95.5 Å². The second kappa shape index (κ2) is 7.53. The van der Waals surface area contributed by atoms with Gasteiger partial charge in [-0.25, -0.2) is 13.1 Å². The molecule has 0 fully saturated rings. The molecule has 118 valence electrons. The van der Waals surface area contributed by atoms with Gasteiger partial charge in [-0.15, -0.1) is 0 Å². The van der Waals surface area contributed by atoms with Crippen LogP contribution in [0.5, 0.6) is 0 Å². The first kappa shape index (κ1) is 17.6. The van der Waals surface area contributed by atoms with Crippen LogP contribution in [0, 0.1) is 5.92 Å². The molecule has 2 unspecified atom stereocenters. The van der Waals surface area contributed by atoms with E-state index in [0.29, 0.717) is 12.1 Å². The lowest BCUT2D eigenvalue weighted by molar-refractivity contribution is 0.0916. The Labute approximate surface area is 125 Å². The molecule has 0 heterocycles. The van der Waals surface area contributed by atoms with Crippen molar-refractivity contribution in [1.29, 1.82) is 0 Å². The third-order valence-electron chi connectivity index (χ3n) is 3.26. The predicted octanol–water partition coefficient (Wildman–Crippen LogP) is 0.731. The van der Waals surface area contributed by atoms with E-state index in [-0.39, 0.29) is 29.4 Å². The molecule has 0 aliphatic rings. The molecular formula is C14H22N2O4S. The molecule has 3 N–H and O–H groups in total. The van der Waals surface area contributed by atoms with Gasteiger partial charge in [0, 0.05) is 24.8 Å². The molecule has 0 spiro atoms. The zero-order valence-electron chi connectivity index (χ0n) is 12.5. The first-order valence-electron chi connectivity index (χ1n) is 6.83. The predicted molar refractivity (Wildman–Crippen MR) is 80.5 cm³/mol. The van der Waals surface area contributed by atoms with E-state index in [2.05, 4.69) is 10.0 Å². The van der Waals surface area contributed by atoms with E-state index in [0.717, 1.165) is 0 Å². The summed E-state index contributed by atoms with van der Waals surface area (Å²) < 4.78 is 25.9. The van der Waals surface area contributed by atoms with Gasteiger partial charge in [0.05, 0.1) is 4.90 Å². The molecule has 1 amide bonds. The normalized spacial score (nSPS) is 14.5. The number of carbonyl (C=O) groups excluding carboxylic acids is 1. The summed E-state index contributed by atoms with van der Waals surface area (Å²) in [5.74, 6) is -0.349. The van der Waals surface area contributed by atoms with E-state index in [9.17, 15) is 13.2 Å². The maximum atomic E-state index is 12.0. The number of sulfonamides is 1. The molecular weight excluding hydrogens is 292 g/mol. The Hall–Kier alpha value is -1.44. The summed E-state index contributed by atoms with van der Waals surface area (Å²) in [4.78, 5) is 12.1. The molecule has 1 rings (SSSR count). The number of benzene rings is 1. The van der Waals surface area contributed by atoms with Crippen molar-refractivity contribution >= 4 is 15.9 Å². The van der Waals surface area contributed by atoms with E-state index in [1.807, 2.05) is 13.8 Å². The number of hydrogen-bond acceptors (Lipinski definition) is 4. The highest BCUT2D eigenvalue weighted by Gasteiger charge is 2.17. The van der Waals surface area contributed by atoms with Gasteiger partial charge in [-0.1, -0.05) is 13.8 Å². The number of nitrogens with one attached hydrogen (secondary N) is 2. The molecule has 21 heavy (non-hydrogen) atoms. The Morgan fingerprint density at radius 2 is 1.81 bits per heavy atom. The first-order chi connectivity index (χ1) is 9.81. The summed E-state index contributed by atoms with van der Waals surface area (Å²) in [6, 6.07) is 5.55. The molecule has 0 aliphatic heterocycles. The molecule has 0 saturated carbocycles. The van der Waals surface area contributed by atoms with Crippen LogP contribution in [0.1, 0.15) is 31.1 Å². The van der Waals surface area contributed by atoms with Gasteiger partial charge in [0.1, 0.15) is 0 Å². The number of aliphatic hydroxyl groups is 1. The van der Waals surface area contributed by atoms with Crippen LogP contribution in [0.3, 0.4) is 0 Å². The number of rotatable bonds is 7. The summed E-state index contributed by atoms with van der Waals surface area (Å²) in [5, 5.41) is 11.8. The molecule has 0 bridgehead atoms. The number of carbonyl (C=O) groups is 1. The largest absolute Gasteiger partial charge is 0.396 e. The third kappa shape index (κ3) is 4.80. The third-order valence-corrected chi connectivity index (χ3v) is 4.82. The van der Waals surface area contributed by atoms with Crippen LogP contribution in [0.15, 0.2) is 29.2 Å². The lowest BCUT2D eigenvalue weighted by Crippen LogP contribution is -2.38. The fourth-order valence-corrected chi connectivity index (χ4v) is 2.69. The van der Waals surface area contributed by atoms with E-state index >= 15 is 0 Å². The summed E-state index contributed by atoms with van der Waals surface area (Å²) in [6.07, 6.45) is 0. The van der Waals surface area contributed by atoms with E-state index in [4.69, 9.17) is 5.11 Å². The fourth-order valence-electron chi connectivity index (χ4n) is 1.65. The second-order valence-corrected chi connectivity index (χ2v) is 6.71. The van der Waals surface area contributed by atoms with Crippen molar-refractivity contribution in [3.63, 3.8) is 0 Å². The highest BCUT2D eigenvalue weighted by Crippen LogP contribution is 2.11. The minimum Gasteiger partial charge on any atom is -0.396 e. The second-order valence-electron chi connectivity index (χ2n) is 4.95. The van der Waals surface area contributed by atoms with Gasteiger partial charge in [-0.3, -0.25) is 4.79 Å². The molecule has 7 heteroatoms. The minimum atomic E-state index is -3.51. The van der Waals surface area contributed by atoms with Crippen molar-refractivity contribution in [1.82, 2.24) is 10.0 Å². The quantitative estimate of drug-likeness (QED) is 0.691. The summed E-state index contributed by atoms with van der Waals surface area (Å²) in [6.45, 7) is 5.63. The first-order valence-corrected chi connectivity index (χ1v) is 8.31. The molecule has 0 saturated heterocycles. The van der Waals surface area contributed by atoms with Crippen LogP contribution >= 0.6 is 0 Å². The van der Waals surface area contributed by atoms with Crippen LogP contribution in [0.2, 0.25) is 0 Å². The van der Waals surface area contributed by atoms with E-state index in [1.165, 1.54) is 24.3 Å². The monoisotopic (exact) mass is 314 g/mol. The molecule has 0 radical (unpaired) electrons. The standard InChI is InChI=1S/C14H22N2O4S/c1-4-15-21(19,20)13-7-5-12(6-8-13)14(18)16-11(3)10(2)9-17/h5-8,10-11,15,17H,4,9H2,1-3H3,(H,16,18). The molecule has 1 aromatic rings. The van der Waals surface area contributed by atoms with Crippen LogP contribution in [0.4, 0.5) is 0 Å². The van der Waals surface area contributed by atoms with Crippen LogP contribution in [0.25, 0.3) is 0 Å². The van der Waals surface area contributed by atoms with Crippen molar-refractivity contribution in [3.8, 4) is 0 Å². The van der Waals surface area contributed by atoms with Gasteiger partial charge < -0.3 is 10.4 Å². The minimum absolute atomic E-state index is 0.0126. The fraction of sp³-hybridized carbons (Fsp3) is 0.500. The zero-order valence-corrected chi connectivity index (χ0v) is 13.3. The molecule has 2 atom stereocenters. The van der Waals surface area contributed by atoms with Crippen molar-refractivity contribution in [2.24, 2.45) is 5.92 Å². The molecule has 6 nitrogen and oxygen atoms in total. The Morgan fingerprint density at radius 3 is 2.29 bits per heavy atom. The Kier molecular flexibility index (Phi) is 6.32. The van der Waals surface area contributed by atoms with Gasteiger partial charge >= 0.3 is 0 Å². The van der Waals surface area contributed by atoms with E-state index < -0.39 is 10.0 Å². The van der Waals surface area contributed by atoms with Crippen molar-refractivity contribution in [2.75, 3.05) is 13.2 Å². The Balaban J connectivity index is 2.81. The molecule has 0 aromatic heterocycles. The van der Waals surface area contributed by atoms with Crippen molar-refractivity contribution in [3.05, 3.63) is 29.8 Å². The maximum absolute atomic E-state index is 12.0. The molecule has 0 aliphatic carbocycles. The zero-order chi connectivity index (χ0) is 16.0. The summed E-state index contributed by atoms with van der Waals surface area (Å²) in [7, 11) is -3.51. The van der Waals surface area contributed by atoms with Crippen LogP contribution in [-0.4, -0.2) is 38.6 Å². The van der Waals surface area contributed by atoms with Crippen LogP contribution in [-0.2, 0) is 10.0 Å². The smallest absolute Gasteiger partial charge is 0.251 e. The number of hydrogen-bond donors (Lipinski definition) is 3. The van der Waals surface area contributed by atoms with Gasteiger partial charge in [-0.2, -0.15) is 0 Å². The van der Waals surface area contributed by atoms with Crippen molar-refractivity contribution < 1.29 is 18.3 Å². The SMILES string of the molecule is CCNS(=O)(=O)c1ccc(C(=O)NC(C)C(C)CO)cc1. The van der Waals surface area contributed by atoms with Crippen LogP contribution < -0.4 is 10.0 Å². The Morgan fingerprint density at radius 1 is 1.24 bits per heavy atom. The average molecular weight is 314 g/mol. The lowest BCUT2D eigenvalue weighted by atomic mass is 10.0. The molecule has 1 aromatic carbocycles. The highest BCUT2D eigenvalue weighted by atomic mass is 32.2. The lowest BCUT2D eigenvalue weighted by Gasteiger charge is -2.19. The summed E-state index contributed by atoms with van der Waals surface area (Å²) >= 11 is 0. The van der Waals surface area contributed by atoms with Gasteiger partial charge in [0.15, 0.2) is 0 Å². The number of aliphatic hydroxyl groups excluding tert-OH is 1. The van der Waals surface area contributed by atoms with Gasteiger partial charge in [-0.05, 0) is 37.1 Å². The highest BCUT2D eigenvalue weighted by molar-refractivity contribution is 7.89. The van der Waals surface area contributed by atoms with Crippen molar-refractivity contribution in [2.45, 2.75) is 31.7 Å². The average Bonchev–Trinajstić information content (AvgIpc) is 2.46. The number of amides is 1. The van der Waals surface area contributed by atoms with E-state index in [1.54, 1.807) is 6.92 Å². The summed E-state index contributed by atoms with van der Waals surface area (Å²) in [5.41, 5.74) is 0.377. The van der Waals surface area contributed by atoms with Gasteiger partial charge in [0.25, 0.3) is 5.91 Å². The maximum Gasteiger partial charge on any atom is 0.251 e. The van der Waals surface area contributed by atoms with Gasteiger partial charge in [0.2, 0.25) is 10.0 Å². The Bertz CT molecular complexity index is 569.